The van der Waals surface area contributed by atoms with Crippen molar-refractivity contribution in [2.75, 3.05) is 6.61 Å². The molecule has 0 spiro atoms. The molecule has 2 heterocycles. The summed E-state index contributed by atoms with van der Waals surface area (Å²) in [4.78, 5) is 12.5. The number of hydrogen-bond acceptors (Lipinski definition) is 3. The lowest BCUT2D eigenvalue weighted by Crippen LogP contribution is -2.21. The monoisotopic (exact) mass is 242 g/mol. The number of benzene rings is 1. The predicted molar refractivity (Wildman–Crippen MR) is 66.8 cm³/mol. The maximum atomic E-state index is 12.5. The van der Waals surface area contributed by atoms with Gasteiger partial charge in [0.05, 0.1) is 24.3 Å². The molecule has 18 heavy (non-hydrogen) atoms. The molecule has 1 aromatic heterocycles. The number of hydrogen-bond donors (Lipinski definition) is 0. The maximum absolute atomic E-state index is 12.5. The summed E-state index contributed by atoms with van der Waals surface area (Å²) in [5.41, 5.74) is 1.65. The summed E-state index contributed by atoms with van der Waals surface area (Å²) < 4.78 is 7.22. The molecule has 0 bridgehead atoms. The van der Waals surface area contributed by atoms with Crippen molar-refractivity contribution < 1.29 is 9.53 Å². The predicted octanol–water partition coefficient (Wildman–Crippen LogP) is 2.17. The summed E-state index contributed by atoms with van der Waals surface area (Å²) in [6, 6.07) is 7.75. The van der Waals surface area contributed by atoms with Crippen LogP contribution in [0.25, 0.3) is 0 Å². The fraction of sp³-hybridized carbons (Fsp3) is 0.286. The number of carbonyl (C=O) groups is 1. The molecule has 4 nitrogen and oxygen atoms in total. The minimum absolute atomic E-state index is 0.112. The van der Waals surface area contributed by atoms with E-state index < -0.39 is 0 Å². The molecule has 1 aliphatic rings. The minimum Gasteiger partial charge on any atom is -0.493 e. The molecule has 2 aromatic rings. The van der Waals surface area contributed by atoms with Gasteiger partial charge in [-0.3, -0.25) is 9.48 Å². The Morgan fingerprint density at radius 1 is 1.44 bits per heavy atom. The van der Waals surface area contributed by atoms with E-state index in [2.05, 4.69) is 5.10 Å². The van der Waals surface area contributed by atoms with E-state index in [9.17, 15) is 4.79 Å². The number of aromatic nitrogens is 2. The van der Waals surface area contributed by atoms with Gasteiger partial charge in [-0.15, -0.1) is 0 Å². The van der Waals surface area contributed by atoms with Gasteiger partial charge in [0.1, 0.15) is 5.75 Å². The Morgan fingerprint density at radius 2 is 2.28 bits per heavy atom. The molecule has 0 fully saturated rings. The molecule has 0 amide bonds. The van der Waals surface area contributed by atoms with Crippen LogP contribution in [0.1, 0.15) is 28.3 Å². The van der Waals surface area contributed by atoms with Crippen molar-refractivity contribution in [3.05, 3.63) is 47.8 Å². The Kier molecular flexibility index (Phi) is 2.63. The standard InChI is InChI=1S/C14H14N2O2/c1-16-9-10(8-15-16)14(17)12-6-7-18-13-5-3-2-4-11(12)13/h2-5,8-9,12H,6-7H2,1H3. The molecule has 92 valence electrons. The van der Waals surface area contributed by atoms with Crippen molar-refractivity contribution in [2.45, 2.75) is 12.3 Å². The highest BCUT2D eigenvalue weighted by Crippen LogP contribution is 2.35. The van der Waals surface area contributed by atoms with Gasteiger partial charge < -0.3 is 4.74 Å². The van der Waals surface area contributed by atoms with E-state index in [4.69, 9.17) is 4.74 Å². The van der Waals surface area contributed by atoms with Gasteiger partial charge in [0.25, 0.3) is 0 Å². The van der Waals surface area contributed by atoms with Crippen LogP contribution in [0.5, 0.6) is 5.75 Å². The van der Waals surface area contributed by atoms with E-state index >= 15 is 0 Å². The second-order valence-electron chi connectivity index (χ2n) is 4.49. The number of nitrogens with zero attached hydrogens (tertiary/aromatic N) is 2. The fourth-order valence-corrected chi connectivity index (χ4v) is 2.36. The van der Waals surface area contributed by atoms with E-state index in [0.717, 1.165) is 17.7 Å². The zero-order valence-corrected chi connectivity index (χ0v) is 10.2. The molecule has 1 aromatic carbocycles. The van der Waals surface area contributed by atoms with Crippen LogP contribution in [-0.4, -0.2) is 22.2 Å². The Labute approximate surface area is 105 Å². The first-order valence-corrected chi connectivity index (χ1v) is 6.00. The summed E-state index contributed by atoms with van der Waals surface area (Å²) >= 11 is 0. The lowest BCUT2D eigenvalue weighted by Gasteiger charge is -2.24. The van der Waals surface area contributed by atoms with Gasteiger partial charge >= 0.3 is 0 Å². The fourth-order valence-electron chi connectivity index (χ4n) is 2.36. The Hall–Kier alpha value is -2.10. The Bertz CT molecular complexity index is 589. The van der Waals surface area contributed by atoms with Crippen molar-refractivity contribution in [1.82, 2.24) is 9.78 Å². The Morgan fingerprint density at radius 3 is 3.06 bits per heavy atom. The van der Waals surface area contributed by atoms with E-state index in [1.54, 1.807) is 17.1 Å². The van der Waals surface area contributed by atoms with Gasteiger partial charge in [0, 0.05) is 18.8 Å². The third-order valence-electron chi connectivity index (χ3n) is 3.26. The van der Waals surface area contributed by atoms with E-state index in [-0.39, 0.29) is 11.7 Å². The molecule has 0 saturated heterocycles. The smallest absolute Gasteiger partial charge is 0.173 e. The Balaban J connectivity index is 1.96. The first-order valence-electron chi connectivity index (χ1n) is 6.00. The molecule has 3 rings (SSSR count). The zero-order valence-electron chi connectivity index (χ0n) is 10.2. The van der Waals surface area contributed by atoms with Crippen LogP contribution >= 0.6 is 0 Å². The van der Waals surface area contributed by atoms with Gasteiger partial charge in [-0.1, -0.05) is 18.2 Å². The normalized spacial score (nSPS) is 17.9. The molecule has 4 heteroatoms. The number of Topliss-reactive ketones (excluding diaryl/α,β-unsaturated/α-hetero) is 1. The van der Waals surface area contributed by atoms with Crippen molar-refractivity contribution >= 4 is 5.78 Å². The van der Waals surface area contributed by atoms with Crippen LogP contribution in [-0.2, 0) is 7.05 Å². The quantitative estimate of drug-likeness (QED) is 0.758. The van der Waals surface area contributed by atoms with Crippen molar-refractivity contribution in [3.63, 3.8) is 0 Å². The highest BCUT2D eigenvalue weighted by atomic mass is 16.5. The van der Waals surface area contributed by atoms with Gasteiger partial charge in [-0.05, 0) is 12.5 Å². The third-order valence-corrected chi connectivity index (χ3v) is 3.26. The second kappa shape index (κ2) is 4.29. The van der Waals surface area contributed by atoms with E-state index in [0.29, 0.717) is 12.2 Å². The highest BCUT2D eigenvalue weighted by Gasteiger charge is 2.28. The topological polar surface area (TPSA) is 44.1 Å². The number of ketones is 1. The van der Waals surface area contributed by atoms with Gasteiger partial charge in [0.15, 0.2) is 5.78 Å². The molecule has 0 radical (unpaired) electrons. The van der Waals surface area contributed by atoms with Crippen LogP contribution in [0.3, 0.4) is 0 Å². The lowest BCUT2D eigenvalue weighted by atomic mass is 9.87. The van der Waals surface area contributed by atoms with Gasteiger partial charge in [-0.2, -0.15) is 5.10 Å². The first-order chi connectivity index (χ1) is 8.75. The molecular weight excluding hydrogens is 228 g/mol. The number of aryl methyl sites for hydroxylation is 1. The number of rotatable bonds is 2. The number of fused-ring (bicyclic) bond motifs is 1. The molecule has 0 aliphatic carbocycles. The van der Waals surface area contributed by atoms with Crippen LogP contribution in [0.15, 0.2) is 36.7 Å². The second-order valence-corrected chi connectivity index (χ2v) is 4.49. The van der Waals surface area contributed by atoms with Crippen molar-refractivity contribution in [2.24, 2.45) is 7.05 Å². The number of para-hydroxylation sites is 1. The van der Waals surface area contributed by atoms with Gasteiger partial charge in [-0.25, -0.2) is 0 Å². The molecule has 0 saturated carbocycles. The van der Waals surface area contributed by atoms with Gasteiger partial charge in [0.2, 0.25) is 0 Å². The van der Waals surface area contributed by atoms with Crippen LogP contribution in [0.2, 0.25) is 0 Å². The van der Waals surface area contributed by atoms with Crippen molar-refractivity contribution in [1.29, 1.82) is 0 Å². The lowest BCUT2D eigenvalue weighted by molar-refractivity contribution is 0.0933. The number of carbonyl (C=O) groups excluding carboxylic acids is 1. The van der Waals surface area contributed by atoms with Crippen LogP contribution in [0.4, 0.5) is 0 Å². The average Bonchev–Trinajstić information content (AvgIpc) is 2.84. The summed E-state index contributed by atoms with van der Waals surface area (Å²) in [5.74, 6) is 0.837. The molecule has 1 atom stereocenters. The van der Waals surface area contributed by atoms with E-state index in [1.165, 1.54) is 0 Å². The summed E-state index contributed by atoms with van der Waals surface area (Å²) in [6.07, 6.45) is 4.12. The maximum Gasteiger partial charge on any atom is 0.173 e. The van der Waals surface area contributed by atoms with Crippen molar-refractivity contribution in [3.8, 4) is 5.75 Å². The first kappa shape index (κ1) is 11.0. The molecule has 0 N–H and O–H groups in total. The minimum atomic E-state index is -0.112. The zero-order chi connectivity index (χ0) is 12.5. The van der Waals surface area contributed by atoms with Crippen LogP contribution < -0.4 is 4.74 Å². The third kappa shape index (κ3) is 1.79. The highest BCUT2D eigenvalue weighted by molar-refractivity contribution is 6.01. The molecule has 1 aliphatic heterocycles. The SMILES string of the molecule is Cn1cc(C(=O)C2CCOc3ccccc32)cn1. The summed E-state index contributed by atoms with van der Waals surface area (Å²) in [7, 11) is 1.81. The summed E-state index contributed by atoms with van der Waals surface area (Å²) in [5, 5.41) is 4.05. The molecular formula is C14H14N2O2. The summed E-state index contributed by atoms with van der Waals surface area (Å²) in [6.45, 7) is 0.591. The molecule has 1 unspecified atom stereocenters. The van der Waals surface area contributed by atoms with E-state index in [1.807, 2.05) is 31.3 Å². The average molecular weight is 242 g/mol. The number of ether oxygens (including phenoxy) is 1. The largest absolute Gasteiger partial charge is 0.493 e. The van der Waals surface area contributed by atoms with Crippen LogP contribution in [0, 0.1) is 0 Å².